The largest absolute Gasteiger partial charge is 0.465 e. The molecule has 20 heavy (non-hydrogen) atoms. The van der Waals surface area contributed by atoms with Crippen LogP contribution in [0.3, 0.4) is 0 Å². The van der Waals surface area contributed by atoms with E-state index in [2.05, 4.69) is 10.3 Å². The van der Waals surface area contributed by atoms with E-state index in [4.69, 9.17) is 16.3 Å². The van der Waals surface area contributed by atoms with Crippen molar-refractivity contribution < 1.29 is 9.53 Å². The number of esters is 1. The molecule has 0 aliphatic rings. The SMILES string of the molecule is COC(=O)c1cc(Cl)ccc1NC(C)c1ccncc1. The Hall–Kier alpha value is -2.07. The summed E-state index contributed by atoms with van der Waals surface area (Å²) in [5.74, 6) is -0.420. The second-order valence-corrected chi connectivity index (χ2v) is 4.76. The number of ether oxygens (including phenoxy) is 1. The van der Waals surface area contributed by atoms with Gasteiger partial charge in [0.1, 0.15) is 0 Å². The molecule has 1 N–H and O–H groups in total. The van der Waals surface area contributed by atoms with Gasteiger partial charge in [-0.1, -0.05) is 11.6 Å². The number of halogens is 1. The molecular formula is C15H15ClN2O2. The van der Waals surface area contributed by atoms with Crippen LogP contribution in [-0.2, 0) is 4.74 Å². The summed E-state index contributed by atoms with van der Waals surface area (Å²) < 4.78 is 4.77. The molecule has 0 saturated carbocycles. The molecule has 0 aliphatic heterocycles. The Balaban J connectivity index is 2.27. The smallest absolute Gasteiger partial charge is 0.340 e. The van der Waals surface area contributed by atoms with Crippen LogP contribution >= 0.6 is 11.6 Å². The fraction of sp³-hybridized carbons (Fsp3) is 0.200. The third kappa shape index (κ3) is 3.27. The Morgan fingerprint density at radius 1 is 1.30 bits per heavy atom. The second kappa shape index (κ2) is 6.39. The maximum atomic E-state index is 11.8. The first-order valence-electron chi connectivity index (χ1n) is 6.16. The number of hydrogen-bond donors (Lipinski definition) is 1. The fourth-order valence-corrected chi connectivity index (χ4v) is 2.06. The molecule has 0 aliphatic carbocycles. The third-order valence-electron chi connectivity index (χ3n) is 2.97. The molecule has 2 aromatic rings. The number of nitrogens with one attached hydrogen (secondary N) is 1. The van der Waals surface area contributed by atoms with Gasteiger partial charge < -0.3 is 10.1 Å². The molecule has 1 heterocycles. The van der Waals surface area contributed by atoms with E-state index >= 15 is 0 Å². The zero-order valence-electron chi connectivity index (χ0n) is 11.3. The number of carbonyl (C=O) groups excluding carboxylic acids is 1. The molecule has 5 heteroatoms. The van der Waals surface area contributed by atoms with E-state index in [-0.39, 0.29) is 6.04 Å². The maximum Gasteiger partial charge on any atom is 0.340 e. The average Bonchev–Trinajstić information content (AvgIpc) is 2.49. The first kappa shape index (κ1) is 14.3. The Bertz CT molecular complexity index is 602. The highest BCUT2D eigenvalue weighted by atomic mass is 35.5. The predicted molar refractivity (Wildman–Crippen MR) is 79.1 cm³/mol. The average molecular weight is 291 g/mol. The van der Waals surface area contributed by atoms with E-state index in [1.54, 1.807) is 30.6 Å². The zero-order chi connectivity index (χ0) is 14.5. The van der Waals surface area contributed by atoms with Crippen LogP contribution in [0.1, 0.15) is 28.9 Å². The third-order valence-corrected chi connectivity index (χ3v) is 3.20. The summed E-state index contributed by atoms with van der Waals surface area (Å²) in [6, 6.07) is 8.97. The molecule has 104 valence electrons. The number of aromatic nitrogens is 1. The van der Waals surface area contributed by atoms with Crippen molar-refractivity contribution in [3.8, 4) is 0 Å². The van der Waals surface area contributed by atoms with Gasteiger partial charge >= 0.3 is 5.97 Å². The van der Waals surface area contributed by atoms with Crippen molar-refractivity contribution in [1.29, 1.82) is 0 Å². The van der Waals surface area contributed by atoms with E-state index in [1.165, 1.54) is 7.11 Å². The highest BCUT2D eigenvalue weighted by Gasteiger charge is 2.14. The molecule has 0 fully saturated rings. The summed E-state index contributed by atoms with van der Waals surface area (Å²) in [6.07, 6.45) is 3.47. The van der Waals surface area contributed by atoms with Crippen LogP contribution in [0.25, 0.3) is 0 Å². The molecule has 0 saturated heterocycles. The predicted octanol–water partition coefficient (Wildman–Crippen LogP) is 3.69. The van der Waals surface area contributed by atoms with Crippen LogP contribution in [0.15, 0.2) is 42.7 Å². The molecular weight excluding hydrogens is 276 g/mol. The van der Waals surface area contributed by atoms with Crippen molar-refractivity contribution in [3.05, 3.63) is 58.9 Å². The number of rotatable bonds is 4. The number of hydrogen-bond acceptors (Lipinski definition) is 4. The summed E-state index contributed by atoms with van der Waals surface area (Å²) in [5, 5.41) is 3.78. The molecule has 0 amide bonds. The molecule has 4 nitrogen and oxygen atoms in total. The van der Waals surface area contributed by atoms with Crippen LogP contribution in [0.2, 0.25) is 5.02 Å². The summed E-state index contributed by atoms with van der Waals surface area (Å²) in [5.41, 5.74) is 2.18. The Kier molecular flexibility index (Phi) is 4.58. The fourth-order valence-electron chi connectivity index (χ4n) is 1.89. The Labute approximate surface area is 122 Å². The molecule has 0 bridgehead atoms. The van der Waals surface area contributed by atoms with Gasteiger partial charge in [0.25, 0.3) is 0 Å². The van der Waals surface area contributed by atoms with Gasteiger partial charge in [0.15, 0.2) is 0 Å². The van der Waals surface area contributed by atoms with Gasteiger partial charge in [-0.2, -0.15) is 0 Å². The van der Waals surface area contributed by atoms with E-state index < -0.39 is 5.97 Å². The van der Waals surface area contributed by atoms with Crippen LogP contribution in [-0.4, -0.2) is 18.1 Å². The highest BCUT2D eigenvalue weighted by molar-refractivity contribution is 6.31. The summed E-state index contributed by atoms with van der Waals surface area (Å²) in [7, 11) is 1.35. The first-order valence-corrected chi connectivity index (χ1v) is 6.54. The number of pyridine rings is 1. The minimum atomic E-state index is -0.420. The summed E-state index contributed by atoms with van der Waals surface area (Å²) in [6.45, 7) is 2.00. The molecule has 1 atom stereocenters. The van der Waals surface area contributed by atoms with Crippen molar-refractivity contribution in [3.63, 3.8) is 0 Å². The van der Waals surface area contributed by atoms with Crippen molar-refractivity contribution in [2.24, 2.45) is 0 Å². The van der Waals surface area contributed by atoms with E-state index in [0.717, 1.165) is 5.56 Å². The maximum absolute atomic E-state index is 11.8. The van der Waals surface area contributed by atoms with Crippen LogP contribution < -0.4 is 5.32 Å². The molecule has 1 unspecified atom stereocenters. The lowest BCUT2D eigenvalue weighted by Crippen LogP contribution is -2.11. The van der Waals surface area contributed by atoms with Gasteiger partial charge in [-0.05, 0) is 42.8 Å². The quantitative estimate of drug-likeness (QED) is 0.873. The van der Waals surface area contributed by atoms with E-state index in [1.807, 2.05) is 19.1 Å². The van der Waals surface area contributed by atoms with Gasteiger partial charge in [0.2, 0.25) is 0 Å². The lowest BCUT2D eigenvalue weighted by Gasteiger charge is -2.17. The van der Waals surface area contributed by atoms with Crippen molar-refractivity contribution >= 4 is 23.3 Å². The van der Waals surface area contributed by atoms with Crippen molar-refractivity contribution in [2.75, 3.05) is 12.4 Å². The molecule has 2 rings (SSSR count). The Morgan fingerprint density at radius 2 is 2.00 bits per heavy atom. The number of methoxy groups -OCH3 is 1. The van der Waals surface area contributed by atoms with E-state index in [0.29, 0.717) is 16.3 Å². The molecule has 1 aromatic carbocycles. The normalized spacial score (nSPS) is 11.8. The molecule has 0 spiro atoms. The van der Waals surface area contributed by atoms with Gasteiger partial charge in [-0.25, -0.2) is 4.79 Å². The number of benzene rings is 1. The Morgan fingerprint density at radius 3 is 2.65 bits per heavy atom. The van der Waals surface area contributed by atoms with E-state index in [9.17, 15) is 4.79 Å². The van der Waals surface area contributed by atoms with Crippen molar-refractivity contribution in [2.45, 2.75) is 13.0 Å². The lowest BCUT2D eigenvalue weighted by molar-refractivity contribution is 0.0602. The van der Waals surface area contributed by atoms with Gasteiger partial charge in [-0.15, -0.1) is 0 Å². The van der Waals surface area contributed by atoms with Gasteiger partial charge in [-0.3, -0.25) is 4.98 Å². The molecule has 1 aromatic heterocycles. The topological polar surface area (TPSA) is 51.2 Å². The van der Waals surface area contributed by atoms with Crippen LogP contribution in [0.5, 0.6) is 0 Å². The standard InChI is InChI=1S/C15H15ClN2O2/c1-10(11-5-7-17-8-6-11)18-14-4-3-12(16)9-13(14)15(19)20-2/h3-10,18H,1-2H3. The second-order valence-electron chi connectivity index (χ2n) is 4.33. The lowest BCUT2D eigenvalue weighted by atomic mass is 10.1. The number of anilines is 1. The summed E-state index contributed by atoms with van der Waals surface area (Å²) >= 11 is 5.93. The van der Waals surface area contributed by atoms with Crippen molar-refractivity contribution in [1.82, 2.24) is 4.98 Å². The minimum Gasteiger partial charge on any atom is -0.465 e. The molecule has 0 radical (unpaired) electrons. The minimum absolute atomic E-state index is 0.0302. The van der Waals surface area contributed by atoms with Gasteiger partial charge in [0.05, 0.1) is 12.7 Å². The number of nitrogens with zero attached hydrogens (tertiary/aromatic N) is 1. The number of carbonyl (C=O) groups is 1. The van der Waals surface area contributed by atoms with Crippen LogP contribution in [0, 0.1) is 0 Å². The van der Waals surface area contributed by atoms with Gasteiger partial charge in [0, 0.05) is 29.1 Å². The summed E-state index contributed by atoms with van der Waals surface area (Å²) in [4.78, 5) is 15.8. The van der Waals surface area contributed by atoms with Crippen LogP contribution in [0.4, 0.5) is 5.69 Å². The monoisotopic (exact) mass is 290 g/mol. The zero-order valence-corrected chi connectivity index (χ0v) is 12.0. The first-order chi connectivity index (χ1) is 9.61. The highest BCUT2D eigenvalue weighted by Crippen LogP contribution is 2.25.